The third kappa shape index (κ3) is 4.84. The molecule has 1 fully saturated rings. The van der Waals surface area contributed by atoms with Gasteiger partial charge < -0.3 is 35.1 Å². The summed E-state index contributed by atoms with van der Waals surface area (Å²) in [5.74, 6) is 3.83. The summed E-state index contributed by atoms with van der Waals surface area (Å²) < 4.78 is 29.3. The highest BCUT2D eigenvalue weighted by molar-refractivity contribution is 7.85. The van der Waals surface area contributed by atoms with Crippen molar-refractivity contribution in [3.8, 4) is 11.5 Å². The van der Waals surface area contributed by atoms with E-state index in [4.69, 9.17) is 29.9 Å². The van der Waals surface area contributed by atoms with Gasteiger partial charge in [-0.15, -0.1) is 0 Å². The molecule has 2 aromatic rings. The Balaban J connectivity index is 1.37. The van der Waals surface area contributed by atoms with E-state index in [1.165, 1.54) is 0 Å². The van der Waals surface area contributed by atoms with Crippen molar-refractivity contribution in [3.05, 3.63) is 18.0 Å². The first-order valence-electron chi connectivity index (χ1n) is 12.0. The smallest absolute Gasteiger partial charge is 0.404 e. The van der Waals surface area contributed by atoms with Crippen LogP contribution in [0.5, 0.6) is 11.5 Å². The number of primary amides is 1. The third-order valence-corrected chi connectivity index (χ3v) is 7.75. The maximum absolute atomic E-state index is 12.7. The second-order valence-corrected chi connectivity index (χ2v) is 11.1. The van der Waals surface area contributed by atoms with Crippen molar-refractivity contribution in [2.75, 3.05) is 60.3 Å². The number of piperazine rings is 1. The molecule has 3 aliphatic heterocycles. The van der Waals surface area contributed by atoms with Gasteiger partial charge in [0.2, 0.25) is 5.95 Å². The van der Waals surface area contributed by atoms with Gasteiger partial charge in [-0.25, -0.2) is 14.8 Å². The van der Waals surface area contributed by atoms with Gasteiger partial charge in [0.25, 0.3) is 0 Å². The third-order valence-electron chi connectivity index (χ3n) is 6.30. The number of aromatic nitrogens is 3. The first kappa shape index (κ1) is 24.3. The Hall–Kier alpha value is -3.35. The number of anilines is 3. The number of hydrogen-bond acceptors (Lipinski definition) is 11. The van der Waals surface area contributed by atoms with Crippen molar-refractivity contribution < 1.29 is 23.2 Å². The van der Waals surface area contributed by atoms with Gasteiger partial charge in [0.05, 0.1) is 40.9 Å². The molecular weight excluding hydrogens is 486 g/mol. The predicted molar refractivity (Wildman–Crippen MR) is 134 cm³/mol. The van der Waals surface area contributed by atoms with E-state index in [0.717, 1.165) is 23.8 Å². The van der Waals surface area contributed by atoms with Crippen molar-refractivity contribution in [2.45, 2.75) is 43.7 Å². The molecule has 0 unspecified atom stereocenters. The SMILES string of the molecule is CCOc1cnc2c(c1)OC[C@@H]1CN(c3nc4c(c(NC(C)(C)COC(N)=O)n3)[S@@](=O)CC4)CCN21. The summed E-state index contributed by atoms with van der Waals surface area (Å²) >= 11 is 0. The van der Waals surface area contributed by atoms with E-state index in [9.17, 15) is 9.00 Å². The number of fused-ring (bicyclic) bond motifs is 4. The van der Waals surface area contributed by atoms with Crippen LogP contribution in [0.4, 0.5) is 22.4 Å². The van der Waals surface area contributed by atoms with Crippen LogP contribution in [0, 0.1) is 0 Å². The number of nitrogens with zero attached hydrogens (tertiary/aromatic N) is 5. The first-order valence-corrected chi connectivity index (χ1v) is 13.3. The van der Waals surface area contributed by atoms with Gasteiger partial charge in [-0.3, -0.25) is 4.21 Å². The van der Waals surface area contributed by atoms with E-state index in [2.05, 4.69) is 20.1 Å². The zero-order valence-corrected chi connectivity index (χ0v) is 21.5. The number of hydrogen-bond donors (Lipinski definition) is 2. The van der Waals surface area contributed by atoms with Crippen molar-refractivity contribution in [2.24, 2.45) is 5.73 Å². The molecular formula is C23H31N7O5S. The predicted octanol–water partition coefficient (Wildman–Crippen LogP) is 1.31. The van der Waals surface area contributed by atoms with Gasteiger partial charge in [0.1, 0.15) is 29.7 Å². The van der Waals surface area contributed by atoms with Crippen LogP contribution in [0.25, 0.3) is 0 Å². The molecule has 0 saturated carbocycles. The Morgan fingerprint density at radius 3 is 2.97 bits per heavy atom. The molecule has 1 saturated heterocycles. The number of amides is 1. The summed E-state index contributed by atoms with van der Waals surface area (Å²) in [4.78, 5) is 30.3. The molecule has 36 heavy (non-hydrogen) atoms. The quantitative estimate of drug-likeness (QED) is 0.548. The van der Waals surface area contributed by atoms with Gasteiger partial charge in [-0.1, -0.05) is 0 Å². The average Bonchev–Trinajstić information content (AvgIpc) is 3.23. The minimum Gasteiger partial charge on any atom is -0.492 e. The molecule has 0 radical (unpaired) electrons. The summed E-state index contributed by atoms with van der Waals surface area (Å²) in [6.07, 6.45) is 1.50. The molecule has 5 rings (SSSR count). The molecule has 3 aliphatic rings. The molecule has 12 nitrogen and oxygen atoms in total. The topological polar surface area (TPSA) is 145 Å². The highest BCUT2D eigenvalue weighted by atomic mass is 32.2. The van der Waals surface area contributed by atoms with Crippen LogP contribution in [0.1, 0.15) is 26.5 Å². The van der Waals surface area contributed by atoms with Gasteiger partial charge in [0, 0.05) is 37.9 Å². The molecule has 3 N–H and O–H groups in total. The lowest BCUT2D eigenvalue weighted by atomic mass is 10.1. The van der Waals surface area contributed by atoms with Crippen LogP contribution in [0.3, 0.4) is 0 Å². The number of pyridine rings is 1. The van der Waals surface area contributed by atoms with Gasteiger partial charge in [-0.2, -0.15) is 4.98 Å². The Labute approximate surface area is 212 Å². The van der Waals surface area contributed by atoms with E-state index < -0.39 is 22.4 Å². The van der Waals surface area contributed by atoms with E-state index in [1.807, 2.05) is 26.8 Å². The van der Waals surface area contributed by atoms with Crippen LogP contribution >= 0.6 is 0 Å². The second kappa shape index (κ2) is 9.60. The standard InChI is InChI=1S/C23H31N7O5S/c1-4-33-15-9-17-20(25-10-15)30-7-6-29(11-14(30)12-34-17)22-26-16-5-8-36(32)18(16)19(27-22)28-23(2,3)13-35-21(24)31/h9-10,14H,4-8,11-13H2,1-3H3,(H2,24,31)(H,26,27,28)/t14-,36-/m0/s1. The summed E-state index contributed by atoms with van der Waals surface area (Å²) in [7, 11) is -1.19. The van der Waals surface area contributed by atoms with E-state index in [-0.39, 0.29) is 12.6 Å². The highest BCUT2D eigenvalue weighted by Crippen LogP contribution is 2.37. The molecule has 1 amide bonds. The Morgan fingerprint density at radius 2 is 2.19 bits per heavy atom. The average molecular weight is 518 g/mol. The Kier molecular flexibility index (Phi) is 6.49. The first-order chi connectivity index (χ1) is 17.2. The fourth-order valence-corrected chi connectivity index (χ4v) is 5.96. The fourth-order valence-electron chi connectivity index (χ4n) is 4.65. The highest BCUT2D eigenvalue weighted by Gasteiger charge is 2.36. The Morgan fingerprint density at radius 1 is 1.36 bits per heavy atom. The number of ether oxygens (including phenoxy) is 3. The minimum atomic E-state index is -1.19. The summed E-state index contributed by atoms with van der Waals surface area (Å²) in [6.45, 7) is 8.87. The van der Waals surface area contributed by atoms with Gasteiger partial charge >= 0.3 is 6.09 Å². The van der Waals surface area contributed by atoms with Crippen molar-refractivity contribution in [1.82, 2.24) is 15.0 Å². The van der Waals surface area contributed by atoms with Gasteiger partial charge in [0.15, 0.2) is 11.6 Å². The number of carbonyl (C=O) groups excluding carboxylic acids is 1. The number of aryl methyl sites for hydroxylation is 1. The zero-order valence-electron chi connectivity index (χ0n) is 20.7. The molecule has 2 atom stereocenters. The van der Waals surface area contributed by atoms with Crippen LogP contribution in [0.15, 0.2) is 17.2 Å². The second-order valence-electron chi connectivity index (χ2n) is 9.59. The molecule has 194 valence electrons. The number of nitrogens with one attached hydrogen (secondary N) is 1. The van der Waals surface area contributed by atoms with Crippen LogP contribution in [-0.2, 0) is 22.0 Å². The number of rotatable bonds is 7. The van der Waals surface area contributed by atoms with Crippen molar-refractivity contribution in [1.29, 1.82) is 0 Å². The van der Waals surface area contributed by atoms with Crippen LogP contribution in [0.2, 0.25) is 0 Å². The van der Waals surface area contributed by atoms with Crippen LogP contribution < -0.4 is 30.3 Å². The lowest BCUT2D eigenvalue weighted by Gasteiger charge is -2.44. The maximum Gasteiger partial charge on any atom is 0.404 e. The molecule has 13 heteroatoms. The fraction of sp³-hybridized carbons (Fsp3) is 0.565. The van der Waals surface area contributed by atoms with E-state index in [0.29, 0.717) is 60.9 Å². The van der Waals surface area contributed by atoms with E-state index >= 15 is 0 Å². The number of carbonyl (C=O) groups is 1. The molecule has 0 aromatic carbocycles. The molecule has 0 bridgehead atoms. The number of nitrogens with two attached hydrogens (primary N) is 1. The molecule has 0 aliphatic carbocycles. The molecule has 2 aromatic heterocycles. The van der Waals surface area contributed by atoms with Crippen molar-refractivity contribution in [3.63, 3.8) is 0 Å². The maximum atomic E-state index is 12.7. The summed E-state index contributed by atoms with van der Waals surface area (Å²) in [6, 6.07) is 1.97. The lowest BCUT2D eigenvalue weighted by molar-refractivity contribution is 0.138. The van der Waals surface area contributed by atoms with Crippen molar-refractivity contribution >= 4 is 34.5 Å². The zero-order chi connectivity index (χ0) is 25.4. The lowest BCUT2D eigenvalue weighted by Crippen LogP contribution is -2.58. The normalized spacial score (nSPS) is 20.6. The summed E-state index contributed by atoms with van der Waals surface area (Å²) in [5.41, 5.74) is 5.25. The molecule has 0 spiro atoms. The van der Waals surface area contributed by atoms with Crippen LogP contribution in [-0.4, -0.2) is 82.0 Å². The monoisotopic (exact) mass is 517 g/mol. The Bertz CT molecular complexity index is 1190. The largest absolute Gasteiger partial charge is 0.492 e. The summed E-state index contributed by atoms with van der Waals surface area (Å²) in [5, 5.41) is 3.31. The minimum absolute atomic E-state index is 0.0403. The van der Waals surface area contributed by atoms with E-state index in [1.54, 1.807) is 6.20 Å². The van der Waals surface area contributed by atoms with Gasteiger partial charge in [-0.05, 0) is 20.8 Å². The molecule has 5 heterocycles.